The van der Waals surface area contributed by atoms with E-state index in [2.05, 4.69) is 33.1 Å². The normalized spacial score (nSPS) is 18.0. The zero-order valence-corrected chi connectivity index (χ0v) is 17.0. The first-order valence-corrected chi connectivity index (χ1v) is 10.4. The van der Waals surface area contributed by atoms with Crippen molar-refractivity contribution in [3.63, 3.8) is 0 Å². The molecule has 1 N–H and O–H groups in total. The Balaban J connectivity index is 1.48. The van der Waals surface area contributed by atoms with Gasteiger partial charge in [-0.1, -0.05) is 19.1 Å². The predicted molar refractivity (Wildman–Crippen MR) is 115 cm³/mol. The van der Waals surface area contributed by atoms with Crippen molar-refractivity contribution >= 4 is 23.1 Å². The van der Waals surface area contributed by atoms with Crippen LogP contribution in [0.15, 0.2) is 42.6 Å². The summed E-state index contributed by atoms with van der Waals surface area (Å²) in [5, 5.41) is 3.41. The Morgan fingerprint density at radius 2 is 1.83 bits per heavy atom. The molecule has 3 heterocycles. The Kier molecular flexibility index (Phi) is 6.27. The van der Waals surface area contributed by atoms with E-state index in [0.29, 0.717) is 11.4 Å². The molecule has 2 aliphatic rings. The molecule has 0 saturated carbocycles. The van der Waals surface area contributed by atoms with Crippen LogP contribution in [0.5, 0.6) is 0 Å². The highest BCUT2D eigenvalue weighted by Crippen LogP contribution is 2.29. The number of nitrogens with one attached hydrogen (secondary N) is 1. The first kappa shape index (κ1) is 19.7. The fourth-order valence-electron chi connectivity index (χ4n) is 3.88. The first-order chi connectivity index (χ1) is 14.2. The Bertz CT molecular complexity index is 829. The van der Waals surface area contributed by atoms with Crippen LogP contribution in [0.4, 0.5) is 17.2 Å². The van der Waals surface area contributed by atoms with Gasteiger partial charge in [-0.25, -0.2) is 4.98 Å². The number of ether oxygens (including phenoxy) is 1. The second-order valence-electron chi connectivity index (χ2n) is 7.40. The number of benzene rings is 1. The Labute approximate surface area is 172 Å². The summed E-state index contributed by atoms with van der Waals surface area (Å²) < 4.78 is 5.47. The molecule has 4 rings (SSSR count). The Morgan fingerprint density at radius 3 is 2.59 bits per heavy atom. The molecule has 0 bridgehead atoms. The summed E-state index contributed by atoms with van der Waals surface area (Å²) in [5.41, 5.74) is 2.80. The van der Waals surface area contributed by atoms with E-state index in [-0.39, 0.29) is 5.91 Å². The Morgan fingerprint density at radius 1 is 1.07 bits per heavy atom. The molecule has 1 aromatic heterocycles. The van der Waals surface area contributed by atoms with Crippen molar-refractivity contribution in [1.82, 2.24) is 14.8 Å². The molecule has 7 heteroatoms. The van der Waals surface area contributed by atoms with Crippen molar-refractivity contribution in [2.45, 2.75) is 6.92 Å². The van der Waals surface area contributed by atoms with Crippen LogP contribution in [-0.2, 0) is 4.74 Å². The third-order valence-electron chi connectivity index (χ3n) is 5.63. The third-order valence-corrected chi connectivity index (χ3v) is 5.63. The molecule has 0 unspecified atom stereocenters. The standard InChI is InChI=1S/C22H29N5O2/c1-2-25-9-11-27(12-10-25)22(28)18-7-8-23-21(17-18)24-19-5-3-4-6-20(19)26-13-15-29-16-14-26/h3-8,17H,2,9-16H2,1H3,(H,23,24). The summed E-state index contributed by atoms with van der Waals surface area (Å²) in [6, 6.07) is 11.9. The number of carbonyl (C=O) groups is 1. The van der Waals surface area contributed by atoms with Crippen LogP contribution in [0, 0.1) is 0 Å². The summed E-state index contributed by atoms with van der Waals surface area (Å²) in [7, 11) is 0. The van der Waals surface area contributed by atoms with Crippen molar-refractivity contribution in [3.8, 4) is 0 Å². The molecule has 1 amide bonds. The number of carbonyl (C=O) groups excluding carboxylic acids is 1. The van der Waals surface area contributed by atoms with Gasteiger partial charge in [-0.15, -0.1) is 0 Å². The number of amides is 1. The van der Waals surface area contributed by atoms with Crippen molar-refractivity contribution < 1.29 is 9.53 Å². The number of morpholine rings is 1. The van der Waals surface area contributed by atoms with Crippen LogP contribution < -0.4 is 10.2 Å². The number of aromatic nitrogens is 1. The lowest BCUT2D eigenvalue weighted by atomic mass is 10.2. The summed E-state index contributed by atoms with van der Waals surface area (Å²) >= 11 is 0. The van der Waals surface area contributed by atoms with Crippen molar-refractivity contribution in [3.05, 3.63) is 48.2 Å². The third kappa shape index (κ3) is 4.68. The van der Waals surface area contributed by atoms with Crippen LogP contribution in [0.1, 0.15) is 17.3 Å². The van der Waals surface area contributed by atoms with Gasteiger partial charge in [0.2, 0.25) is 0 Å². The van der Waals surface area contributed by atoms with E-state index >= 15 is 0 Å². The molecule has 0 aliphatic carbocycles. The quantitative estimate of drug-likeness (QED) is 0.839. The number of pyridine rings is 1. The van der Waals surface area contributed by atoms with Crippen molar-refractivity contribution in [1.29, 1.82) is 0 Å². The van der Waals surface area contributed by atoms with E-state index in [0.717, 1.165) is 70.4 Å². The van der Waals surface area contributed by atoms with Crippen LogP contribution in [0.2, 0.25) is 0 Å². The zero-order chi connectivity index (χ0) is 20.1. The topological polar surface area (TPSA) is 60.9 Å². The average Bonchev–Trinajstić information content (AvgIpc) is 2.80. The number of hydrogen-bond donors (Lipinski definition) is 1. The summed E-state index contributed by atoms with van der Waals surface area (Å²) in [6.45, 7) is 9.83. The molecule has 2 aliphatic heterocycles. The highest BCUT2D eigenvalue weighted by Gasteiger charge is 2.22. The van der Waals surface area contributed by atoms with Crippen LogP contribution in [-0.4, -0.2) is 79.7 Å². The molecule has 0 atom stereocenters. The van der Waals surface area contributed by atoms with E-state index < -0.39 is 0 Å². The molecular formula is C22H29N5O2. The number of piperazine rings is 1. The largest absolute Gasteiger partial charge is 0.378 e. The lowest BCUT2D eigenvalue weighted by Gasteiger charge is -2.34. The van der Waals surface area contributed by atoms with Gasteiger partial charge in [-0.3, -0.25) is 4.79 Å². The van der Waals surface area contributed by atoms with Gasteiger partial charge in [0.05, 0.1) is 24.6 Å². The van der Waals surface area contributed by atoms with E-state index in [1.165, 1.54) is 0 Å². The maximum absolute atomic E-state index is 12.9. The molecule has 2 fully saturated rings. The van der Waals surface area contributed by atoms with Crippen molar-refractivity contribution in [2.24, 2.45) is 0 Å². The number of anilines is 3. The van der Waals surface area contributed by atoms with E-state index in [4.69, 9.17) is 4.74 Å². The number of para-hydroxylation sites is 2. The van der Waals surface area contributed by atoms with Crippen LogP contribution in [0.25, 0.3) is 0 Å². The Hall–Kier alpha value is -2.64. The van der Waals surface area contributed by atoms with Gasteiger partial charge in [-0.05, 0) is 30.8 Å². The number of likely N-dealkylation sites (N-methyl/N-ethyl adjacent to an activating group) is 1. The fraction of sp³-hybridized carbons (Fsp3) is 0.455. The summed E-state index contributed by atoms with van der Waals surface area (Å²) in [6.07, 6.45) is 1.70. The lowest BCUT2D eigenvalue weighted by Crippen LogP contribution is -2.48. The number of nitrogens with zero attached hydrogens (tertiary/aromatic N) is 4. The molecule has 154 valence electrons. The zero-order valence-electron chi connectivity index (χ0n) is 17.0. The molecule has 0 radical (unpaired) electrons. The van der Waals surface area contributed by atoms with E-state index in [9.17, 15) is 4.79 Å². The highest BCUT2D eigenvalue weighted by atomic mass is 16.5. The minimum atomic E-state index is 0.0765. The minimum Gasteiger partial charge on any atom is -0.378 e. The molecule has 2 aromatic rings. The van der Waals surface area contributed by atoms with Gasteiger partial charge >= 0.3 is 0 Å². The molecule has 1 aromatic carbocycles. The molecule has 29 heavy (non-hydrogen) atoms. The first-order valence-electron chi connectivity index (χ1n) is 10.4. The predicted octanol–water partition coefficient (Wildman–Crippen LogP) is 2.44. The lowest BCUT2D eigenvalue weighted by molar-refractivity contribution is 0.0643. The van der Waals surface area contributed by atoms with E-state index in [1.807, 2.05) is 29.2 Å². The van der Waals surface area contributed by atoms with Gasteiger partial charge in [0, 0.05) is 51.0 Å². The van der Waals surface area contributed by atoms with E-state index in [1.54, 1.807) is 12.3 Å². The fourth-order valence-corrected chi connectivity index (χ4v) is 3.88. The monoisotopic (exact) mass is 395 g/mol. The van der Waals surface area contributed by atoms with Gasteiger partial charge in [-0.2, -0.15) is 0 Å². The average molecular weight is 396 g/mol. The van der Waals surface area contributed by atoms with Gasteiger partial charge in [0.25, 0.3) is 5.91 Å². The van der Waals surface area contributed by atoms with Crippen LogP contribution in [0.3, 0.4) is 0 Å². The SMILES string of the molecule is CCN1CCN(C(=O)c2ccnc(Nc3ccccc3N3CCOCC3)c2)CC1. The number of hydrogen-bond acceptors (Lipinski definition) is 6. The van der Waals surface area contributed by atoms with Gasteiger partial charge in [0.15, 0.2) is 0 Å². The molecule has 7 nitrogen and oxygen atoms in total. The van der Waals surface area contributed by atoms with Gasteiger partial charge in [0.1, 0.15) is 5.82 Å². The van der Waals surface area contributed by atoms with Gasteiger partial charge < -0.3 is 24.8 Å². The highest BCUT2D eigenvalue weighted by molar-refractivity contribution is 5.95. The number of rotatable bonds is 5. The maximum atomic E-state index is 12.9. The molecule has 2 saturated heterocycles. The summed E-state index contributed by atoms with van der Waals surface area (Å²) in [5.74, 6) is 0.761. The smallest absolute Gasteiger partial charge is 0.254 e. The maximum Gasteiger partial charge on any atom is 0.254 e. The summed E-state index contributed by atoms with van der Waals surface area (Å²) in [4.78, 5) is 24.0. The second-order valence-corrected chi connectivity index (χ2v) is 7.40. The van der Waals surface area contributed by atoms with Crippen LogP contribution >= 0.6 is 0 Å². The minimum absolute atomic E-state index is 0.0765. The molecular weight excluding hydrogens is 366 g/mol. The van der Waals surface area contributed by atoms with Crippen molar-refractivity contribution in [2.75, 3.05) is 69.2 Å². The second kappa shape index (κ2) is 9.24. The molecule has 0 spiro atoms.